The number of hydrogen-bond acceptors (Lipinski definition) is 5. The topological polar surface area (TPSA) is 109 Å². The van der Waals surface area contributed by atoms with E-state index in [0.29, 0.717) is 11.4 Å². The predicted molar refractivity (Wildman–Crippen MR) is 128 cm³/mol. The molecule has 0 atom stereocenters. The Morgan fingerprint density at radius 3 is 2.30 bits per heavy atom. The van der Waals surface area contributed by atoms with Crippen molar-refractivity contribution in [1.29, 1.82) is 10.5 Å². The maximum Gasteiger partial charge on any atom is 0.421 e. The van der Waals surface area contributed by atoms with Crippen LogP contribution in [0.4, 0.5) is 23.4 Å². The van der Waals surface area contributed by atoms with Gasteiger partial charge in [0, 0.05) is 29.4 Å². The Kier molecular flexibility index (Phi) is 6.44. The van der Waals surface area contributed by atoms with E-state index in [0.717, 1.165) is 6.07 Å². The highest BCUT2D eigenvalue weighted by atomic mass is 35.5. The summed E-state index contributed by atoms with van der Waals surface area (Å²) in [4.78, 5) is 14.3. The number of aromatic nitrogens is 2. The van der Waals surface area contributed by atoms with Crippen LogP contribution in [0.1, 0.15) is 41.3 Å². The van der Waals surface area contributed by atoms with Gasteiger partial charge in [-0.15, -0.1) is 0 Å². The molecule has 0 fully saturated rings. The fraction of sp³-hybridized carbons (Fsp3) is 0.200. The van der Waals surface area contributed by atoms with Crippen molar-refractivity contribution >= 4 is 34.2 Å². The number of halogens is 5. The second-order valence-electron chi connectivity index (χ2n) is 8.30. The lowest BCUT2D eigenvalue weighted by Gasteiger charge is -2.33. The smallest absolute Gasteiger partial charge is 0.350 e. The van der Waals surface area contributed by atoms with Crippen LogP contribution in [0.2, 0.25) is 5.02 Å². The Bertz CT molecular complexity index is 1570. The quantitative estimate of drug-likeness (QED) is 0.390. The lowest BCUT2D eigenvalue weighted by atomic mass is 9.79. The van der Waals surface area contributed by atoms with Crippen LogP contribution in [0.3, 0.4) is 0 Å². The van der Waals surface area contributed by atoms with Gasteiger partial charge >= 0.3 is 6.18 Å². The molecule has 3 aromatic rings. The molecule has 2 aromatic carbocycles. The van der Waals surface area contributed by atoms with E-state index in [1.54, 1.807) is 37.9 Å². The number of fused-ring (bicyclic) bond motifs is 1. The molecule has 0 aliphatic carbocycles. The maximum atomic E-state index is 15.7. The minimum absolute atomic E-state index is 0.0460. The molecule has 1 aliphatic heterocycles. The molecule has 0 unspecified atom stereocenters. The number of aromatic amines is 1. The van der Waals surface area contributed by atoms with Crippen LogP contribution in [0.15, 0.2) is 52.9 Å². The van der Waals surface area contributed by atoms with Crippen LogP contribution in [0, 0.1) is 28.5 Å². The first-order chi connectivity index (χ1) is 17.4. The van der Waals surface area contributed by atoms with Gasteiger partial charge in [-0.05, 0) is 32.0 Å². The second-order valence-corrected chi connectivity index (χ2v) is 8.70. The van der Waals surface area contributed by atoms with Gasteiger partial charge in [-0.1, -0.05) is 23.7 Å². The van der Waals surface area contributed by atoms with E-state index in [2.05, 4.69) is 15.5 Å². The SMILES string of the molecule is CC1=C(C#N)C(c2cc3c(NC(=O)c4ccccc4Cl)n[nH]c3c(C(F)(F)F)c2F)C(C#N)=C(C)N1C. The highest BCUT2D eigenvalue weighted by molar-refractivity contribution is 6.34. The normalized spacial score (nSPS) is 14.7. The summed E-state index contributed by atoms with van der Waals surface area (Å²) in [6.07, 6.45) is -5.17. The number of benzene rings is 2. The number of allylic oxidation sites excluding steroid dienone is 4. The molecular weight excluding hydrogens is 512 g/mol. The maximum absolute atomic E-state index is 15.7. The molecule has 0 spiro atoms. The van der Waals surface area contributed by atoms with E-state index in [9.17, 15) is 28.5 Å². The molecule has 1 aliphatic rings. The van der Waals surface area contributed by atoms with Gasteiger partial charge in [0.2, 0.25) is 0 Å². The minimum Gasteiger partial charge on any atom is -0.350 e. The van der Waals surface area contributed by atoms with Crippen molar-refractivity contribution in [1.82, 2.24) is 15.1 Å². The molecule has 4 rings (SSSR count). The number of anilines is 1. The summed E-state index contributed by atoms with van der Waals surface area (Å²) in [5.74, 6) is -4.11. The molecule has 37 heavy (non-hydrogen) atoms. The zero-order valence-corrected chi connectivity index (χ0v) is 20.3. The van der Waals surface area contributed by atoms with Crippen LogP contribution in [-0.2, 0) is 6.18 Å². The summed E-state index contributed by atoms with van der Waals surface area (Å²) in [7, 11) is 1.59. The molecule has 7 nitrogen and oxygen atoms in total. The zero-order valence-electron chi connectivity index (χ0n) is 19.6. The lowest BCUT2D eigenvalue weighted by Crippen LogP contribution is -2.26. The van der Waals surface area contributed by atoms with Gasteiger partial charge in [0.05, 0.1) is 45.3 Å². The van der Waals surface area contributed by atoms with Gasteiger partial charge in [-0.2, -0.15) is 28.8 Å². The summed E-state index contributed by atoms with van der Waals surface area (Å²) in [5, 5.41) is 27.9. The number of alkyl halides is 3. The monoisotopic (exact) mass is 528 g/mol. The van der Waals surface area contributed by atoms with Gasteiger partial charge in [0.15, 0.2) is 5.82 Å². The highest BCUT2D eigenvalue weighted by Gasteiger charge is 2.42. The Labute approximate surface area is 213 Å². The van der Waals surface area contributed by atoms with Crippen molar-refractivity contribution in [2.24, 2.45) is 0 Å². The van der Waals surface area contributed by atoms with Crippen molar-refractivity contribution in [3.8, 4) is 12.1 Å². The van der Waals surface area contributed by atoms with E-state index in [-0.39, 0.29) is 32.9 Å². The molecule has 1 aromatic heterocycles. The van der Waals surface area contributed by atoms with Gasteiger partial charge in [0.25, 0.3) is 5.91 Å². The molecule has 0 saturated heterocycles. The number of amides is 1. The largest absolute Gasteiger partial charge is 0.421 e. The van der Waals surface area contributed by atoms with Gasteiger partial charge in [-0.3, -0.25) is 9.89 Å². The summed E-state index contributed by atoms with van der Waals surface area (Å²) in [6.45, 7) is 3.11. The third-order valence-corrected chi connectivity index (χ3v) is 6.71. The molecule has 12 heteroatoms. The third-order valence-electron chi connectivity index (χ3n) is 6.38. The highest BCUT2D eigenvalue weighted by Crippen LogP contribution is 2.46. The van der Waals surface area contributed by atoms with Crippen molar-refractivity contribution < 1.29 is 22.4 Å². The minimum atomic E-state index is -5.17. The van der Waals surface area contributed by atoms with Gasteiger partial charge < -0.3 is 10.2 Å². The van der Waals surface area contributed by atoms with E-state index in [1.165, 1.54) is 12.1 Å². The number of nitrogens with one attached hydrogen (secondary N) is 2. The van der Waals surface area contributed by atoms with E-state index >= 15 is 4.39 Å². The molecular formula is C25H17ClF4N6O. The van der Waals surface area contributed by atoms with Crippen LogP contribution in [-0.4, -0.2) is 28.1 Å². The number of carbonyl (C=O) groups excluding carboxylic acids is 1. The number of nitrogens with zero attached hydrogens (tertiary/aromatic N) is 4. The number of rotatable bonds is 3. The Hall–Kier alpha value is -4.35. The summed E-state index contributed by atoms with van der Waals surface area (Å²) < 4.78 is 58.1. The van der Waals surface area contributed by atoms with E-state index in [1.807, 2.05) is 12.1 Å². The Balaban J connectivity index is 2.00. The van der Waals surface area contributed by atoms with Gasteiger partial charge in [-0.25, -0.2) is 4.39 Å². The number of carbonyl (C=O) groups is 1. The van der Waals surface area contributed by atoms with E-state index in [4.69, 9.17) is 11.6 Å². The van der Waals surface area contributed by atoms with Crippen LogP contribution >= 0.6 is 11.6 Å². The molecule has 0 bridgehead atoms. The molecule has 0 radical (unpaired) electrons. The molecule has 2 N–H and O–H groups in total. The number of hydrogen-bond donors (Lipinski definition) is 2. The Morgan fingerprint density at radius 1 is 1.16 bits per heavy atom. The predicted octanol–water partition coefficient (Wildman–Crippen LogP) is 6.25. The van der Waals surface area contributed by atoms with Crippen molar-refractivity contribution in [3.63, 3.8) is 0 Å². The fourth-order valence-corrected chi connectivity index (χ4v) is 4.54. The fourth-order valence-electron chi connectivity index (χ4n) is 4.32. The molecule has 2 heterocycles. The van der Waals surface area contributed by atoms with Crippen LogP contribution < -0.4 is 5.32 Å². The van der Waals surface area contributed by atoms with Crippen LogP contribution in [0.5, 0.6) is 0 Å². The molecule has 1 amide bonds. The standard InChI is InChI=1S/C25H17ClF4N6O/c1-11-16(9-31)19(17(10-32)12(2)36(11)3)14-8-15-22(20(21(14)27)25(28,29)30)34-35-23(15)33-24(37)13-6-4-5-7-18(13)26/h4-8,19H,1-3H3,(H2,33,34,35,37). The summed E-state index contributed by atoms with van der Waals surface area (Å²) in [6, 6.07) is 10.9. The lowest BCUT2D eigenvalue weighted by molar-refractivity contribution is -0.138. The number of nitriles is 2. The average molecular weight is 529 g/mol. The molecule has 0 saturated carbocycles. The first-order valence-electron chi connectivity index (χ1n) is 10.7. The van der Waals surface area contributed by atoms with E-state index < -0.39 is 40.5 Å². The third kappa shape index (κ3) is 4.17. The zero-order chi connectivity index (χ0) is 27.2. The van der Waals surface area contributed by atoms with Crippen LogP contribution in [0.25, 0.3) is 10.9 Å². The van der Waals surface area contributed by atoms with Crippen molar-refractivity contribution in [3.05, 3.63) is 80.4 Å². The summed E-state index contributed by atoms with van der Waals surface area (Å²) in [5.41, 5.74) is -2.31. The number of H-pyrrole nitrogens is 1. The summed E-state index contributed by atoms with van der Waals surface area (Å²) >= 11 is 6.05. The van der Waals surface area contributed by atoms with Gasteiger partial charge in [0.1, 0.15) is 11.4 Å². The average Bonchev–Trinajstić information content (AvgIpc) is 3.22. The first-order valence-corrected chi connectivity index (χ1v) is 11.1. The first kappa shape index (κ1) is 25.7. The Morgan fingerprint density at radius 2 is 1.76 bits per heavy atom. The van der Waals surface area contributed by atoms with Crippen molar-refractivity contribution in [2.75, 3.05) is 12.4 Å². The molecule has 188 valence electrons. The second kappa shape index (κ2) is 9.26. The van der Waals surface area contributed by atoms with Crippen molar-refractivity contribution in [2.45, 2.75) is 25.9 Å².